The molecule has 212 valence electrons. The van der Waals surface area contributed by atoms with Crippen LogP contribution < -0.4 is 0 Å². The fraction of sp³-hybridized carbons (Fsp3) is 0.500. The molecule has 5 rings (SSSR count). The molecule has 0 N–H and O–H groups in total. The lowest BCUT2D eigenvalue weighted by molar-refractivity contribution is -0.157. The SMILES string of the molecule is O=C(OCc1ccccc1)C1CCCN1C(=O)C1CCC(C(=O)N2CCCC2C(=O)OCc2ccccc2)CC1. The summed E-state index contributed by atoms with van der Waals surface area (Å²) in [5.41, 5.74) is 1.83. The Morgan fingerprint density at radius 3 is 1.32 bits per heavy atom. The lowest BCUT2D eigenvalue weighted by Gasteiger charge is -2.34. The molecule has 2 unspecified atom stereocenters. The molecule has 2 aromatic rings. The number of hydrogen-bond acceptors (Lipinski definition) is 6. The van der Waals surface area contributed by atoms with E-state index < -0.39 is 12.1 Å². The lowest BCUT2D eigenvalue weighted by atomic mass is 9.80. The van der Waals surface area contributed by atoms with Crippen molar-refractivity contribution in [2.75, 3.05) is 13.1 Å². The van der Waals surface area contributed by atoms with E-state index in [2.05, 4.69) is 0 Å². The number of ether oxygens (including phenoxy) is 2. The minimum atomic E-state index is -0.539. The molecule has 0 radical (unpaired) electrons. The van der Waals surface area contributed by atoms with E-state index in [4.69, 9.17) is 9.47 Å². The van der Waals surface area contributed by atoms with Gasteiger partial charge in [0.25, 0.3) is 0 Å². The van der Waals surface area contributed by atoms with Gasteiger partial charge in [-0.25, -0.2) is 9.59 Å². The summed E-state index contributed by atoms with van der Waals surface area (Å²) in [6.45, 7) is 1.51. The monoisotopic (exact) mass is 546 g/mol. The van der Waals surface area contributed by atoms with Crippen molar-refractivity contribution < 1.29 is 28.7 Å². The maximum atomic E-state index is 13.4. The summed E-state index contributed by atoms with van der Waals surface area (Å²) < 4.78 is 11.1. The number of esters is 2. The first-order valence-electron chi connectivity index (χ1n) is 14.5. The third kappa shape index (κ3) is 6.54. The van der Waals surface area contributed by atoms with E-state index in [1.165, 1.54) is 0 Å². The zero-order valence-electron chi connectivity index (χ0n) is 22.9. The van der Waals surface area contributed by atoms with Gasteiger partial charge in [-0.1, -0.05) is 60.7 Å². The number of benzene rings is 2. The van der Waals surface area contributed by atoms with Gasteiger partial charge < -0.3 is 19.3 Å². The van der Waals surface area contributed by atoms with Crippen molar-refractivity contribution in [2.24, 2.45) is 11.8 Å². The Morgan fingerprint density at radius 1 is 0.575 bits per heavy atom. The van der Waals surface area contributed by atoms with Crippen LogP contribution in [0.25, 0.3) is 0 Å². The number of nitrogens with zero attached hydrogens (tertiary/aromatic N) is 2. The third-order valence-electron chi connectivity index (χ3n) is 8.49. The fourth-order valence-electron chi connectivity index (χ4n) is 6.26. The summed E-state index contributed by atoms with van der Waals surface area (Å²) in [6, 6.07) is 18.0. The Hall–Kier alpha value is -3.68. The van der Waals surface area contributed by atoms with Crippen molar-refractivity contribution in [3.05, 3.63) is 71.8 Å². The Morgan fingerprint density at radius 2 is 0.950 bits per heavy atom. The Balaban J connectivity index is 1.10. The predicted molar refractivity (Wildman–Crippen MR) is 147 cm³/mol. The van der Waals surface area contributed by atoms with Crippen LogP contribution in [0.15, 0.2) is 60.7 Å². The van der Waals surface area contributed by atoms with E-state index in [0.717, 1.165) is 24.0 Å². The molecule has 8 nitrogen and oxygen atoms in total. The normalized spacial score (nSPS) is 24.5. The van der Waals surface area contributed by atoms with Crippen LogP contribution in [0.1, 0.15) is 62.5 Å². The molecule has 8 heteroatoms. The van der Waals surface area contributed by atoms with Crippen molar-refractivity contribution in [3.63, 3.8) is 0 Å². The molecule has 2 heterocycles. The van der Waals surface area contributed by atoms with Gasteiger partial charge in [0.2, 0.25) is 11.8 Å². The third-order valence-corrected chi connectivity index (χ3v) is 8.49. The zero-order valence-corrected chi connectivity index (χ0v) is 22.9. The average molecular weight is 547 g/mol. The highest BCUT2D eigenvalue weighted by molar-refractivity contribution is 5.88. The summed E-state index contributed by atoms with van der Waals surface area (Å²) in [4.78, 5) is 55.8. The fourth-order valence-corrected chi connectivity index (χ4v) is 6.26. The van der Waals surface area contributed by atoms with Crippen LogP contribution in [-0.4, -0.2) is 58.7 Å². The number of hydrogen-bond donors (Lipinski definition) is 0. The molecule has 0 spiro atoms. The number of amides is 2. The molecule has 3 aliphatic rings. The molecular weight excluding hydrogens is 508 g/mol. The van der Waals surface area contributed by atoms with E-state index in [1.54, 1.807) is 9.80 Å². The molecule has 1 saturated carbocycles. The standard InChI is InChI=1S/C32H38N2O6/c35-29(33-19-7-13-27(33)31(37)39-21-23-9-3-1-4-10-23)25-15-17-26(18-16-25)30(36)34-20-8-14-28(34)32(38)40-22-24-11-5-2-6-12-24/h1-6,9-12,25-28H,7-8,13-22H2. The predicted octanol–water partition coefficient (Wildman–Crippen LogP) is 4.26. The minimum Gasteiger partial charge on any atom is -0.459 e. The lowest BCUT2D eigenvalue weighted by Crippen LogP contribution is -2.47. The summed E-state index contributed by atoms with van der Waals surface area (Å²) >= 11 is 0. The van der Waals surface area contributed by atoms with Crippen LogP contribution in [0, 0.1) is 11.8 Å². The first-order valence-corrected chi connectivity index (χ1v) is 14.5. The van der Waals surface area contributed by atoms with Crippen molar-refractivity contribution in [1.29, 1.82) is 0 Å². The van der Waals surface area contributed by atoms with Gasteiger partial charge in [0.1, 0.15) is 25.3 Å². The van der Waals surface area contributed by atoms with E-state index in [-0.39, 0.29) is 48.8 Å². The van der Waals surface area contributed by atoms with E-state index >= 15 is 0 Å². The van der Waals surface area contributed by atoms with Crippen LogP contribution in [-0.2, 0) is 41.9 Å². The summed E-state index contributed by atoms with van der Waals surface area (Å²) in [5.74, 6) is -1.11. The molecule has 40 heavy (non-hydrogen) atoms. The quantitative estimate of drug-likeness (QED) is 0.460. The second kappa shape index (κ2) is 13.1. The smallest absolute Gasteiger partial charge is 0.329 e. The van der Waals surface area contributed by atoms with Gasteiger partial charge in [0.05, 0.1) is 0 Å². The molecule has 2 amide bonds. The van der Waals surface area contributed by atoms with Crippen LogP contribution in [0.2, 0.25) is 0 Å². The van der Waals surface area contributed by atoms with Gasteiger partial charge in [0.15, 0.2) is 0 Å². The first-order chi connectivity index (χ1) is 19.5. The van der Waals surface area contributed by atoms with E-state index in [1.807, 2.05) is 60.7 Å². The van der Waals surface area contributed by atoms with Gasteiger partial charge in [0, 0.05) is 24.9 Å². The Kier molecular flexibility index (Phi) is 9.14. The Labute approximate surface area is 235 Å². The maximum absolute atomic E-state index is 13.4. The van der Waals surface area contributed by atoms with Crippen LogP contribution in [0.3, 0.4) is 0 Å². The molecule has 0 aromatic heterocycles. The second-order valence-electron chi connectivity index (χ2n) is 11.1. The molecule has 2 saturated heterocycles. The number of carbonyl (C=O) groups is 4. The van der Waals surface area contributed by atoms with Gasteiger partial charge in [-0.2, -0.15) is 0 Å². The van der Waals surface area contributed by atoms with Crippen molar-refractivity contribution >= 4 is 23.8 Å². The highest BCUT2D eigenvalue weighted by Gasteiger charge is 2.42. The summed E-state index contributed by atoms with van der Waals surface area (Å²) in [6.07, 6.45) is 5.21. The zero-order chi connectivity index (χ0) is 27.9. The maximum Gasteiger partial charge on any atom is 0.329 e. The topological polar surface area (TPSA) is 93.2 Å². The summed E-state index contributed by atoms with van der Waals surface area (Å²) in [7, 11) is 0. The van der Waals surface area contributed by atoms with Crippen molar-refractivity contribution in [1.82, 2.24) is 9.80 Å². The molecule has 3 fully saturated rings. The first kappa shape index (κ1) is 27.9. The van der Waals surface area contributed by atoms with Gasteiger partial charge in [-0.05, 0) is 62.5 Å². The minimum absolute atomic E-state index is 0.00593. The number of likely N-dealkylation sites (tertiary alicyclic amines) is 2. The van der Waals surface area contributed by atoms with Crippen molar-refractivity contribution in [3.8, 4) is 0 Å². The molecule has 1 aliphatic carbocycles. The highest BCUT2D eigenvalue weighted by Crippen LogP contribution is 2.35. The van der Waals surface area contributed by atoms with Crippen LogP contribution >= 0.6 is 0 Å². The van der Waals surface area contributed by atoms with Crippen LogP contribution in [0.5, 0.6) is 0 Å². The average Bonchev–Trinajstić information content (AvgIpc) is 3.70. The molecule has 2 aliphatic heterocycles. The molecule has 2 atom stereocenters. The van der Waals surface area contributed by atoms with Crippen LogP contribution in [0.4, 0.5) is 0 Å². The van der Waals surface area contributed by atoms with Gasteiger partial charge in [-0.3, -0.25) is 9.59 Å². The number of carbonyl (C=O) groups excluding carboxylic acids is 4. The number of rotatable bonds is 8. The van der Waals surface area contributed by atoms with E-state index in [9.17, 15) is 19.2 Å². The highest BCUT2D eigenvalue weighted by atomic mass is 16.5. The molecule has 0 bridgehead atoms. The van der Waals surface area contributed by atoms with Gasteiger partial charge >= 0.3 is 11.9 Å². The summed E-state index contributed by atoms with van der Waals surface area (Å²) in [5, 5.41) is 0. The molecular formula is C32H38N2O6. The van der Waals surface area contributed by atoms with Gasteiger partial charge in [-0.15, -0.1) is 0 Å². The van der Waals surface area contributed by atoms with E-state index in [0.29, 0.717) is 51.6 Å². The van der Waals surface area contributed by atoms with Crippen molar-refractivity contribution in [2.45, 2.75) is 76.7 Å². The molecule has 2 aromatic carbocycles. The largest absolute Gasteiger partial charge is 0.459 e. The second-order valence-corrected chi connectivity index (χ2v) is 11.1. The Bertz CT molecular complexity index is 1080.